The van der Waals surface area contributed by atoms with Crippen LogP contribution in [0.15, 0.2) is 54.6 Å². The van der Waals surface area contributed by atoms with Gasteiger partial charge in [0.1, 0.15) is 12.4 Å². The standard InChI is InChI=1S/C22H30N2O/c1-22(2,3)21(24-15-13-23-14-16-24)19-11-7-8-12-20(19)25-17-18-9-5-4-6-10-18/h4-12,21,23H,13-17H2,1-3H3/t21-/m0/s1. The molecule has 134 valence electrons. The van der Waals surface area contributed by atoms with Crippen molar-refractivity contribution >= 4 is 0 Å². The third-order valence-electron chi connectivity index (χ3n) is 4.79. The van der Waals surface area contributed by atoms with Gasteiger partial charge in [0.2, 0.25) is 0 Å². The number of hydrogen-bond donors (Lipinski definition) is 1. The van der Waals surface area contributed by atoms with E-state index in [-0.39, 0.29) is 5.41 Å². The zero-order valence-corrected chi connectivity index (χ0v) is 15.7. The van der Waals surface area contributed by atoms with Crippen molar-refractivity contribution in [3.05, 3.63) is 65.7 Å². The van der Waals surface area contributed by atoms with Gasteiger partial charge in [-0.25, -0.2) is 0 Å². The Balaban J connectivity index is 1.85. The summed E-state index contributed by atoms with van der Waals surface area (Å²) in [7, 11) is 0. The number of ether oxygens (including phenoxy) is 1. The molecular weight excluding hydrogens is 308 g/mol. The molecule has 2 aromatic rings. The van der Waals surface area contributed by atoms with Crippen LogP contribution in [0.4, 0.5) is 0 Å². The highest BCUT2D eigenvalue weighted by molar-refractivity contribution is 5.37. The Morgan fingerprint density at radius 3 is 2.28 bits per heavy atom. The van der Waals surface area contributed by atoms with Crippen LogP contribution in [0.25, 0.3) is 0 Å². The fourth-order valence-electron chi connectivity index (χ4n) is 3.72. The number of benzene rings is 2. The maximum absolute atomic E-state index is 6.25. The first-order valence-corrected chi connectivity index (χ1v) is 9.26. The van der Waals surface area contributed by atoms with E-state index >= 15 is 0 Å². The molecule has 1 aliphatic rings. The predicted octanol–water partition coefficient (Wildman–Crippen LogP) is 4.26. The smallest absolute Gasteiger partial charge is 0.124 e. The highest BCUT2D eigenvalue weighted by Crippen LogP contribution is 2.42. The number of rotatable bonds is 5. The lowest BCUT2D eigenvalue weighted by Gasteiger charge is -2.43. The van der Waals surface area contributed by atoms with Crippen LogP contribution >= 0.6 is 0 Å². The second-order valence-corrected chi connectivity index (χ2v) is 7.87. The molecule has 3 nitrogen and oxygen atoms in total. The summed E-state index contributed by atoms with van der Waals surface area (Å²) in [6.45, 7) is 11.9. The Morgan fingerprint density at radius 1 is 0.960 bits per heavy atom. The minimum Gasteiger partial charge on any atom is -0.489 e. The highest BCUT2D eigenvalue weighted by atomic mass is 16.5. The SMILES string of the molecule is CC(C)(C)[C@H](c1ccccc1OCc1ccccc1)N1CCNCC1. The van der Waals surface area contributed by atoms with Gasteiger partial charge in [-0.2, -0.15) is 0 Å². The molecule has 1 N–H and O–H groups in total. The molecule has 0 bridgehead atoms. The van der Waals surface area contributed by atoms with Crippen molar-refractivity contribution in [2.75, 3.05) is 26.2 Å². The van der Waals surface area contributed by atoms with Gasteiger partial charge in [-0.3, -0.25) is 4.90 Å². The Morgan fingerprint density at radius 2 is 1.60 bits per heavy atom. The zero-order valence-electron chi connectivity index (χ0n) is 15.7. The van der Waals surface area contributed by atoms with Gasteiger partial charge in [0.25, 0.3) is 0 Å². The van der Waals surface area contributed by atoms with Crippen LogP contribution in [0.2, 0.25) is 0 Å². The number of para-hydroxylation sites is 1. The Hall–Kier alpha value is -1.84. The molecule has 3 heteroatoms. The molecule has 0 saturated carbocycles. The van der Waals surface area contributed by atoms with Gasteiger partial charge in [0, 0.05) is 37.8 Å². The summed E-state index contributed by atoms with van der Waals surface area (Å²) >= 11 is 0. The molecule has 1 atom stereocenters. The maximum atomic E-state index is 6.25. The average molecular weight is 338 g/mol. The number of hydrogen-bond acceptors (Lipinski definition) is 3. The van der Waals surface area contributed by atoms with E-state index in [2.05, 4.69) is 79.5 Å². The van der Waals surface area contributed by atoms with Crippen LogP contribution < -0.4 is 10.1 Å². The number of piperazine rings is 1. The lowest BCUT2D eigenvalue weighted by Crippen LogP contribution is -2.48. The topological polar surface area (TPSA) is 24.5 Å². The van der Waals surface area contributed by atoms with Gasteiger partial charge in [0.15, 0.2) is 0 Å². The van der Waals surface area contributed by atoms with E-state index < -0.39 is 0 Å². The van der Waals surface area contributed by atoms with Gasteiger partial charge >= 0.3 is 0 Å². The van der Waals surface area contributed by atoms with Crippen LogP contribution in [0.1, 0.15) is 37.9 Å². The molecule has 1 aliphatic heterocycles. The van der Waals surface area contributed by atoms with Crippen molar-refractivity contribution in [2.24, 2.45) is 5.41 Å². The van der Waals surface area contributed by atoms with Crippen LogP contribution in [0, 0.1) is 5.41 Å². The molecule has 0 radical (unpaired) electrons. The third-order valence-corrected chi connectivity index (χ3v) is 4.79. The second kappa shape index (κ2) is 8.03. The molecule has 1 fully saturated rings. The van der Waals surface area contributed by atoms with Crippen molar-refractivity contribution in [3.63, 3.8) is 0 Å². The van der Waals surface area contributed by atoms with Crippen LogP contribution in [0.5, 0.6) is 5.75 Å². The summed E-state index contributed by atoms with van der Waals surface area (Å²) in [5.41, 5.74) is 2.64. The van der Waals surface area contributed by atoms with Crippen molar-refractivity contribution in [1.29, 1.82) is 0 Å². The Kier molecular flexibility index (Phi) is 5.77. The molecule has 0 aliphatic carbocycles. The first kappa shape index (κ1) is 18.0. The fourth-order valence-corrected chi connectivity index (χ4v) is 3.72. The summed E-state index contributed by atoms with van der Waals surface area (Å²) < 4.78 is 6.25. The van der Waals surface area contributed by atoms with Crippen LogP contribution in [-0.4, -0.2) is 31.1 Å². The molecule has 0 spiro atoms. The van der Waals surface area contributed by atoms with Gasteiger partial charge in [-0.05, 0) is 17.0 Å². The third kappa shape index (κ3) is 4.62. The van der Waals surface area contributed by atoms with Gasteiger partial charge in [-0.1, -0.05) is 69.3 Å². The van der Waals surface area contributed by atoms with Crippen molar-refractivity contribution in [3.8, 4) is 5.75 Å². The highest BCUT2D eigenvalue weighted by Gasteiger charge is 2.34. The summed E-state index contributed by atoms with van der Waals surface area (Å²) in [4.78, 5) is 2.60. The normalized spacial score (nSPS) is 17.2. The molecule has 1 saturated heterocycles. The molecular formula is C22H30N2O. The lowest BCUT2D eigenvalue weighted by molar-refractivity contribution is 0.0832. The molecule has 25 heavy (non-hydrogen) atoms. The molecule has 3 rings (SSSR count). The average Bonchev–Trinajstić information content (AvgIpc) is 2.62. The largest absolute Gasteiger partial charge is 0.489 e. The Labute approximate surface area is 152 Å². The second-order valence-electron chi connectivity index (χ2n) is 7.87. The monoisotopic (exact) mass is 338 g/mol. The van der Waals surface area contributed by atoms with Crippen molar-refractivity contribution < 1.29 is 4.74 Å². The van der Waals surface area contributed by atoms with E-state index in [9.17, 15) is 0 Å². The first-order chi connectivity index (χ1) is 12.1. The molecule has 1 heterocycles. The summed E-state index contributed by atoms with van der Waals surface area (Å²) in [6.07, 6.45) is 0. The van der Waals surface area contributed by atoms with E-state index in [0.717, 1.165) is 31.9 Å². The van der Waals surface area contributed by atoms with Crippen molar-refractivity contribution in [2.45, 2.75) is 33.4 Å². The summed E-state index contributed by atoms with van der Waals surface area (Å²) in [6, 6.07) is 19.3. The van der Waals surface area contributed by atoms with E-state index in [0.29, 0.717) is 12.6 Å². The molecule has 2 aromatic carbocycles. The lowest BCUT2D eigenvalue weighted by atomic mass is 9.80. The minimum atomic E-state index is 0.142. The predicted molar refractivity (Wildman–Crippen MR) is 104 cm³/mol. The molecule has 0 aromatic heterocycles. The van der Waals surface area contributed by atoms with E-state index in [1.807, 2.05) is 6.07 Å². The first-order valence-electron chi connectivity index (χ1n) is 9.26. The fraction of sp³-hybridized carbons (Fsp3) is 0.455. The van der Waals surface area contributed by atoms with Gasteiger partial charge in [-0.15, -0.1) is 0 Å². The zero-order chi connectivity index (χ0) is 17.7. The molecule has 0 amide bonds. The van der Waals surface area contributed by atoms with Gasteiger partial charge in [0.05, 0.1) is 0 Å². The van der Waals surface area contributed by atoms with Crippen molar-refractivity contribution in [1.82, 2.24) is 10.2 Å². The van der Waals surface area contributed by atoms with Crippen LogP contribution in [0.3, 0.4) is 0 Å². The number of nitrogens with one attached hydrogen (secondary N) is 1. The Bertz CT molecular complexity index is 657. The quantitative estimate of drug-likeness (QED) is 0.882. The van der Waals surface area contributed by atoms with E-state index in [1.54, 1.807) is 0 Å². The van der Waals surface area contributed by atoms with Gasteiger partial charge < -0.3 is 10.1 Å². The number of nitrogens with zero attached hydrogens (tertiary/aromatic N) is 1. The molecule has 0 unspecified atom stereocenters. The minimum absolute atomic E-state index is 0.142. The summed E-state index contributed by atoms with van der Waals surface area (Å²) in [5, 5.41) is 3.46. The van der Waals surface area contributed by atoms with E-state index in [4.69, 9.17) is 4.74 Å². The van der Waals surface area contributed by atoms with E-state index in [1.165, 1.54) is 11.1 Å². The maximum Gasteiger partial charge on any atom is 0.124 e. The summed E-state index contributed by atoms with van der Waals surface area (Å²) in [5.74, 6) is 1.00. The van der Waals surface area contributed by atoms with Crippen LogP contribution in [-0.2, 0) is 6.61 Å².